The van der Waals surface area contributed by atoms with Crippen molar-refractivity contribution in [3.63, 3.8) is 0 Å². The van der Waals surface area contributed by atoms with Gasteiger partial charge in [0.2, 0.25) is 10.0 Å². The Kier molecular flexibility index (Phi) is 2.38. The number of urea groups is 1. The minimum Gasteiger partial charge on any atom is -0.326 e. The fourth-order valence-corrected chi connectivity index (χ4v) is 3.01. The van der Waals surface area contributed by atoms with Gasteiger partial charge >= 0.3 is 6.03 Å². The molecule has 2 fully saturated rings. The normalized spacial score (nSPS) is 28.4. The van der Waals surface area contributed by atoms with E-state index in [1.807, 2.05) is 0 Å². The maximum atomic E-state index is 11.6. The number of amides is 2. The van der Waals surface area contributed by atoms with Crippen LogP contribution in [0.1, 0.15) is 0 Å². The Balaban J connectivity index is 2.12. The molecule has 2 aliphatic heterocycles. The molecule has 0 unspecified atom stereocenters. The average Bonchev–Trinajstić information content (AvgIpc) is 2.41. The number of rotatable bonds is 1. The molecule has 0 aromatic rings. The van der Waals surface area contributed by atoms with Crippen LogP contribution in [-0.4, -0.2) is 74.1 Å². The van der Waals surface area contributed by atoms with Crippen LogP contribution in [0.4, 0.5) is 4.79 Å². The molecule has 1 atom stereocenters. The van der Waals surface area contributed by atoms with Crippen molar-refractivity contribution < 1.29 is 13.2 Å². The van der Waals surface area contributed by atoms with Gasteiger partial charge in [-0.2, -0.15) is 4.31 Å². The number of hydrogen-bond donors (Lipinski definition) is 0. The summed E-state index contributed by atoms with van der Waals surface area (Å²) in [5.41, 5.74) is 0. The van der Waals surface area contributed by atoms with Gasteiger partial charge in [0.05, 0.1) is 12.3 Å². The van der Waals surface area contributed by atoms with Crippen LogP contribution in [0.2, 0.25) is 0 Å². The molecule has 0 aromatic heterocycles. The Morgan fingerprint density at radius 3 is 2.53 bits per heavy atom. The van der Waals surface area contributed by atoms with Gasteiger partial charge in [-0.15, -0.1) is 0 Å². The molecule has 2 rings (SSSR count). The summed E-state index contributed by atoms with van der Waals surface area (Å²) in [6, 6.07) is 0.0270. The third-order valence-electron chi connectivity index (χ3n) is 2.97. The molecule has 0 spiro atoms. The lowest BCUT2D eigenvalue weighted by Crippen LogP contribution is -2.53. The van der Waals surface area contributed by atoms with Crippen molar-refractivity contribution in [2.75, 3.05) is 39.5 Å². The highest BCUT2D eigenvalue weighted by molar-refractivity contribution is 7.88. The molecule has 0 saturated carbocycles. The van der Waals surface area contributed by atoms with E-state index in [1.165, 1.54) is 10.6 Å². The van der Waals surface area contributed by atoms with E-state index in [2.05, 4.69) is 0 Å². The third kappa shape index (κ3) is 1.81. The molecule has 6 nitrogen and oxygen atoms in total. The largest absolute Gasteiger partial charge is 0.326 e. The first-order valence-corrected chi connectivity index (χ1v) is 6.71. The second kappa shape index (κ2) is 3.34. The standard InChI is InChI=1S/C8H15N3O3S/c1-9-5-7-6-10(15(2,13)14)3-4-11(7)8(9)12/h7H,3-6H2,1-2H3/t7-/m0/s1. The van der Waals surface area contributed by atoms with Crippen molar-refractivity contribution in [3.05, 3.63) is 0 Å². The van der Waals surface area contributed by atoms with E-state index >= 15 is 0 Å². The van der Waals surface area contributed by atoms with E-state index in [9.17, 15) is 13.2 Å². The van der Waals surface area contributed by atoms with Crippen molar-refractivity contribution in [1.82, 2.24) is 14.1 Å². The number of carbonyl (C=O) groups excluding carboxylic acids is 1. The molecule has 0 radical (unpaired) electrons. The molecule has 0 N–H and O–H groups in total. The zero-order valence-corrected chi connectivity index (χ0v) is 9.70. The van der Waals surface area contributed by atoms with E-state index < -0.39 is 10.0 Å². The van der Waals surface area contributed by atoms with Gasteiger partial charge in [0, 0.05) is 33.2 Å². The predicted octanol–water partition coefficient (Wildman–Crippen LogP) is -1.00. The lowest BCUT2D eigenvalue weighted by Gasteiger charge is -2.34. The van der Waals surface area contributed by atoms with Gasteiger partial charge in [-0.25, -0.2) is 13.2 Å². The van der Waals surface area contributed by atoms with Crippen LogP contribution in [-0.2, 0) is 10.0 Å². The van der Waals surface area contributed by atoms with E-state index in [1.54, 1.807) is 16.8 Å². The minimum atomic E-state index is -3.12. The molecule has 7 heteroatoms. The number of nitrogens with zero attached hydrogens (tertiary/aromatic N) is 3. The number of likely N-dealkylation sites (N-methyl/N-ethyl adjacent to an activating group) is 1. The first-order chi connectivity index (χ1) is 6.89. The second-order valence-corrected chi connectivity index (χ2v) is 6.11. The van der Waals surface area contributed by atoms with Crippen molar-refractivity contribution in [3.8, 4) is 0 Å². The van der Waals surface area contributed by atoms with Crippen molar-refractivity contribution in [2.24, 2.45) is 0 Å². The van der Waals surface area contributed by atoms with E-state index in [4.69, 9.17) is 0 Å². The summed E-state index contributed by atoms with van der Waals surface area (Å²) in [6.07, 6.45) is 1.21. The lowest BCUT2D eigenvalue weighted by atomic mass is 10.2. The smallest absolute Gasteiger partial charge is 0.320 e. The fourth-order valence-electron chi connectivity index (χ4n) is 2.15. The molecule has 86 valence electrons. The van der Waals surface area contributed by atoms with Crippen LogP contribution in [0.5, 0.6) is 0 Å². The molecule has 15 heavy (non-hydrogen) atoms. The van der Waals surface area contributed by atoms with Crippen molar-refractivity contribution in [1.29, 1.82) is 0 Å². The van der Waals surface area contributed by atoms with Crippen LogP contribution >= 0.6 is 0 Å². The average molecular weight is 233 g/mol. The molecular weight excluding hydrogens is 218 g/mol. The summed E-state index contributed by atoms with van der Waals surface area (Å²) in [4.78, 5) is 15.0. The molecule has 2 aliphatic rings. The lowest BCUT2D eigenvalue weighted by molar-refractivity contribution is 0.161. The van der Waals surface area contributed by atoms with E-state index in [0.717, 1.165) is 0 Å². The van der Waals surface area contributed by atoms with Crippen LogP contribution in [0.3, 0.4) is 0 Å². The topological polar surface area (TPSA) is 60.9 Å². The summed E-state index contributed by atoms with van der Waals surface area (Å²) < 4.78 is 24.1. The van der Waals surface area contributed by atoms with Crippen LogP contribution < -0.4 is 0 Å². The molecule has 2 amide bonds. The SMILES string of the molecule is CN1C[C@H]2CN(S(C)(=O)=O)CCN2C1=O. The first kappa shape index (κ1) is 10.7. The van der Waals surface area contributed by atoms with Gasteiger partial charge < -0.3 is 9.80 Å². The maximum absolute atomic E-state index is 11.6. The highest BCUT2D eigenvalue weighted by Gasteiger charge is 2.40. The number of piperazine rings is 1. The summed E-state index contributed by atoms with van der Waals surface area (Å²) in [6.45, 7) is 1.95. The second-order valence-electron chi connectivity index (χ2n) is 4.13. The summed E-state index contributed by atoms with van der Waals surface area (Å²) in [5, 5.41) is 0. The quantitative estimate of drug-likeness (QED) is 0.583. The maximum Gasteiger partial charge on any atom is 0.320 e. The number of carbonyl (C=O) groups is 1. The zero-order chi connectivity index (χ0) is 11.2. The van der Waals surface area contributed by atoms with E-state index in [-0.39, 0.29) is 12.1 Å². The number of hydrogen-bond acceptors (Lipinski definition) is 3. The molecule has 0 bridgehead atoms. The van der Waals surface area contributed by atoms with Crippen LogP contribution in [0, 0.1) is 0 Å². The van der Waals surface area contributed by atoms with Crippen molar-refractivity contribution in [2.45, 2.75) is 6.04 Å². The van der Waals surface area contributed by atoms with Gasteiger partial charge in [-0.3, -0.25) is 0 Å². The Labute approximate surface area is 89.5 Å². The predicted molar refractivity (Wildman–Crippen MR) is 54.9 cm³/mol. The Morgan fingerprint density at radius 2 is 1.93 bits per heavy atom. The molecule has 0 aromatic carbocycles. The van der Waals surface area contributed by atoms with Gasteiger partial charge in [0.15, 0.2) is 0 Å². The molecular formula is C8H15N3O3S. The van der Waals surface area contributed by atoms with Gasteiger partial charge in [0.25, 0.3) is 0 Å². The Morgan fingerprint density at radius 1 is 1.27 bits per heavy atom. The van der Waals surface area contributed by atoms with Gasteiger partial charge in [-0.1, -0.05) is 0 Å². The van der Waals surface area contributed by atoms with E-state index in [0.29, 0.717) is 26.2 Å². The Hall–Kier alpha value is -0.820. The number of fused-ring (bicyclic) bond motifs is 1. The molecule has 0 aliphatic carbocycles. The summed E-state index contributed by atoms with van der Waals surface area (Å²) >= 11 is 0. The fraction of sp³-hybridized carbons (Fsp3) is 0.875. The monoisotopic (exact) mass is 233 g/mol. The van der Waals surface area contributed by atoms with Gasteiger partial charge in [-0.05, 0) is 0 Å². The molecule has 2 saturated heterocycles. The summed E-state index contributed by atoms with van der Waals surface area (Å²) in [5.74, 6) is 0. The highest BCUT2D eigenvalue weighted by atomic mass is 32.2. The van der Waals surface area contributed by atoms with Crippen LogP contribution in [0.25, 0.3) is 0 Å². The number of sulfonamides is 1. The summed E-state index contributed by atoms with van der Waals surface area (Å²) in [7, 11) is -1.38. The van der Waals surface area contributed by atoms with Crippen LogP contribution in [0.15, 0.2) is 0 Å². The highest BCUT2D eigenvalue weighted by Crippen LogP contribution is 2.20. The third-order valence-corrected chi connectivity index (χ3v) is 4.24. The Bertz CT molecular complexity index is 381. The minimum absolute atomic E-state index is 0.00755. The van der Waals surface area contributed by atoms with Crippen molar-refractivity contribution >= 4 is 16.1 Å². The zero-order valence-electron chi connectivity index (χ0n) is 8.88. The first-order valence-electron chi connectivity index (χ1n) is 4.86. The van der Waals surface area contributed by atoms with Gasteiger partial charge in [0.1, 0.15) is 0 Å². The molecule has 2 heterocycles.